The minimum absolute atomic E-state index is 0.610. The first kappa shape index (κ1) is 38.8. The van der Waals surface area contributed by atoms with Crippen LogP contribution in [-0.4, -0.2) is 9.13 Å². The first-order chi connectivity index (χ1) is 33.5. The van der Waals surface area contributed by atoms with E-state index < -0.39 is 5.41 Å². The van der Waals surface area contributed by atoms with Gasteiger partial charge < -0.3 is 14.0 Å². The van der Waals surface area contributed by atoms with E-state index in [0.29, 0.717) is 0 Å². The quantitative estimate of drug-likeness (QED) is 0.168. The van der Waals surface area contributed by atoms with Gasteiger partial charge >= 0.3 is 0 Å². The number of nitrogens with zero attached hydrogens (tertiary/aromatic N) is 3. The van der Waals surface area contributed by atoms with Crippen LogP contribution in [-0.2, 0) is 18.9 Å². The summed E-state index contributed by atoms with van der Waals surface area (Å²) in [5, 5.41) is 5.11. The van der Waals surface area contributed by atoms with Crippen molar-refractivity contribution in [3.05, 3.63) is 263 Å². The second kappa shape index (κ2) is 14.5. The first-order valence-corrected chi connectivity index (χ1v) is 23.9. The number of rotatable bonds is 5. The van der Waals surface area contributed by atoms with Crippen LogP contribution in [0.25, 0.3) is 71.6 Å². The van der Waals surface area contributed by atoms with Crippen molar-refractivity contribution in [2.24, 2.45) is 7.05 Å². The van der Waals surface area contributed by atoms with Crippen molar-refractivity contribution < 1.29 is 0 Å². The van der Waals surface area contributed by atoms with E-state index in [1.807, 2.05) is 0 Å². The molecule has 0 atom stereocenters. The van der Waals surface area contributed by atoms with E-state index in [0.717, 1.165) is 12.1 Å². The monoisotopic (exact) mass is 869 g/mol. The van der Waals surface area contributed by atoms with Crippen molar-refractivity contribution in [2.45, 2.75) is 25.7 Å². The normalized spacial score (nSPS) is 13.5. The van der Waals surface area contributed by atoms with E-state index >= 15 is 0 Å². The molecular weight excluding hydrogens is 823 g/mol. The van der Waals surface area contributed by atoms with Gasteiger partial charge in [0.15, 0.2) is 0 Å². The summed E-state index contributed by atoms with van der Waals surface area (Å²) < 4.78 is 4.82. The number of aryl methyl sites for hydroxylation is 3. The summed E-state index contributed by atoms with van der Waals surface area (Å²) in [6, 6.07) is 82.1. The highest BCUT2D eigenvalue weighted by Gasteiger charge is 2.47. The molecule has 12 aromatic rings. The minimum atomic E-state index is -0.610. The number of hydrogen-bond donors (Lipinski definition) is 0. The highest BCUT2D eigenvalue weighted by Crippen LogP contribution is 2.59. The van der Waals surface area contributed by atoms with Gasteiger partial charge in [0.25, 0.3) is 0 Å². The fourth-order valence-electron chi connectivity index (χ4n) is 12.3. The van der Waals surface area contributed by atoms with Crippen molar-refractivity contribution in [2.75, 3.05) is 4.90 Å². The standard InChI is InChI=1S/C65H47N3/c1-41-22-32-57-62(36-41)68(49-28-24-43(25-29-49)44-26-34-61-54(38-44)52-20-12-13-21-60(52)67(61)48-17-8-5-9-18-48)63-37-42(2)23-33-58(63)65(57,46-15-6-4-7-16-46)47-27-35-59-55(40-47)53-31-30-51-50-19-11-10-14-45(50)39-56(51)64(53)66(59)3/h4-38,40H,39H2,1-3H3. The van der Waals surface area contributed by atoms with Crippen LogP contribution in [0.4, 0.5) is 17.1 Å². The molecular formula is C65H47N3. The molecule has 1 aliphatic carbocycles. The summed E-state index contributed by atoms with van der Waals surface area (Å²) in [6.45, 7) is 4.45. The number of hydrogen-bond acceptors (Lipinski definition) is 1. The molecule has 0 spiro atoms. The summed E-state index contributed by atoms with van der Waals surface area (Å²) in [5.74, 6) is 0. The highest BCUT2D eigenvalue weighted by molar-refractivity contribution is 6.12. The Bertz CT molecular complexity index is 3970. The second-order valence-electron chi connectivity index (χ2n) is 19.1. The van der Waals surface area contributed by atoms with Crippen LogP contribution in [0.2, 0.25) is 0 Å². The highest BCUT2D eigenvalue weighted by atomic mass is 15.2. The van der Waals surface area contributed by atoms with Crippen molar-refractivity contribution in [1.82, 2.24) is 9.13 Å². The van der Waals surface area contributed by atoms with Crippen LogP contribution >= 0.6 is 0 Å². The number of fused-ring (bicyclic) bond motifs is 12. The zero-order chi connectivity index (χ0) is 45.3. The molecule has 0 N–H and O–H groups in total. The van der Waals surface area contributed by atoms with Crippen LogP contribution in [0.5, 0.6) is 0 Å². The molecule has 0 amide bonds. The SMILES string of the molecule is Cc1ccc2c(c1)N(c1ccc(-c3ccc4c(c3)c3ccccc3n4-c3ccccc3)cc1)c1cc(C)ccc1C2(c1ccccc1)c1ccc2c(c1)c1ccc3c(c1n2C)Cc1ccccc1-3. The molecule has 2 aromatic heterocycles. The Morgan fingerprint density at radius 3 is 1.81 bits per heavy atom. The third-order valence-electron chi connectivity index (χ3n) is 15.3. The smallest absolute Gasteiger partial charge is 0.0742 e. The Labute approximate surface area is 396 Å². The average Bonchev–Trinajstić information content (AvgIpc) is 4.03. The summed E-state index contributed by atoms with van der Waals surface area (Å²) in [7, 11) is 2.25. The molecule has 3 nitrogen and oxygen atoms in total. The molecule has 0 saturated carbocycles. The van der Waals surface area contributed by atoms with Crippen LogP contribution < -0.4 is 4.90 Å². The van der Waals surface area contributed by atoms with Gasteiger partial charge in [0, 0.05) is 51.9 Å². The summed E-state index contributed by atoms with van der Waals surface area (Å²) in [4.78, 5) is 2.52. The van der Waals surface area contributed by atoms with Crippen LogP contribution in [0.1, 0.15) is 44.5 Å². The Balaban J connectivity index is 0.945. The predicted octanol–water partition coefficient (Wildman–Crippen LogP) is 16.4. The number of benzene rings is 10. The Morgan fingerprint density at radius 2 is 1.04 bits per heavy atom. The molecule has 14 rings (SSSR count). The van der Waals surface area contributed by atoms with Gasteiger partial charge in [-0.3, -0.25) is 0 Å². The van der Waals surface area contributed by atoms with Crippen LogP contribution in [0, 0.1) is 13.8 Å². The third kappa shape index (κ3) is 5.41. The average molecular weight is 870 g/mol. The molecule has 10 aromatic carbocycles. The van der Waals surface area contributed by atoms with Crippen molar-refractivity contribution >= 4 is 60.7 Å². The molecule has 2 aliphatic rings. The van der Waals surface area contributed by atoms with E-state index in [-0.39, 0.29) is 0 Å². The van der Waals surface area contributed by atoms with Crippen molar-refractivity contribution in [1.29, 1.82) is 0 Å². The van der Waals surface area contributed by atoms with E-state index in [4.69, 9.17) is 0 Å². The third-order valence-corrected chi connectivity index (χ3v) is 15.3. The molecule has 0 fully saturated rings. The maximum atomic E-state index is 2.52. The fourth-order valence-corrected chi connectivity index (χ4v) is 12.3. The van der Waals surface area contributed by atoms with E-state index in [2.05, 4.69) is 253 Å². The number of anilines is 3. The Morgan fingerprint density at radius 1 is 0.412 bits per heavy atom. The lowest BCUT2D eigenvalue weighted by Gasteiger charge is -2.47. The molecule has 3 heteroatoms. The second-order valence-corrected chi connectivity index (χ2v) is 19.1. The molecule has 0 saturated heterocycles. The lowest BCUT2D eigenvalue weighted by Crippen LogP contribution is -2.37. The largest absolute Gasteiger partial charge is 0.343 e. The van der Waals surface area contributed by atoms with Gasteiger partial charge in [0.2, 0.25) is 0 Å². The van der Waals surface area contributed by atoms with Gasteiger partial charge in [-0.05, 0) is 147 Å². The van der Waals surface area contributed by atoms with Crippen molar-refractivity contribution in [3.8, 4) is 27.9 Å². The lowest BCUT2D eigenvalue weighted by atomic mass is 9.62. The topological polar surface area (TPSA) is 13.1 Å². The van der Waals surface area contributed by atoms with E-state index in [1.54, 1.807) is 0 Å². The van der Waals surface area contributed by atoms with Gasteiger partial charge in [-0.25, -0.2) is 0 Å². The number of aromatic nitrogens is 2. The lowest BCUT2D eigenvalue weighted by molar-refractivity contribution is 0.731. The number of para-hydroxylation sites is 2. The first-order valence-electron chi connectivity index (χ1n) is 23.9. The van der Waals surface area contributed by atoms with Crippen LogP contribution in [0.15, 0.2) is 218 Å². The summed E-state index contributed by atoms with van der Waals surface area (Å²) in [5.41, 5.74) is 24.6. The molecule has 0 radical (unpaired) electrons. The molecule has 322 valence electrons. The zero-order valence-corrected chi connectivity index (χ0v) is 38.3. The van der Waals surface area contributed by atoms with Gasteiger partial charge in [0.05, 0.1) is 33.3 Å². The molecule has 0 bridgehead atoms. The zero-order valence-electron chi connectivity index (χ0n) is 38.3. The van der Waals surface area contributed by atoms with Gasteiger partial charge in [-0.2, -0.15) is 0 Å². The van der Waals surface area contributed by atoms with Gasteiger partial charge in [-0.1, -0.05) is 152 Å². The van der Waals surface area contributed by atoms with Crippen LogP contribution in [0.3, 0.4) is 0 Å². The molecule has 68 heavy (non-hydrogen) atoms. The van der Waals surface area contributed by atoms with Gasteiger partial charge in [0.1, 0.15) is 0 Å². The predicted molar refractivity (Wildman–Crippen MR) is 284 cm³/mol. The maximum absolute atomic E-state index is 2.52. The van der Waals surface area contributed by atoms with E-state index in [1.165, 1.54) is 127 Å². The summed E-state index contributed by atoms with van der Waals surface area (Å²) >= 11 is 0. The molecule has 0 unspecified atom stereocenters. The summed E-state index contributed by atoms with van der Waals surface area (Å²) in [6.07, 6.45) is 0.958. The molecule has 1 aliphatic heterocycles. The molecule has 3 heterocycles. The van der Waals surface area contributed by atoms with Gasteiger partial charge in [-0.15, -0.1) is 0 Å². The van der Waals surface area contributed by atoms with E-state index in [9.17, 15) is 0 Å². The van der Waals surface area contributed by atoms with Crippen molar-refractivity contribution in [3.63, 3.8) is 0 Å². The minimum Gasteiger partial charge on any atom is -0.343 e. The Hall–Kier alpha value is -8.40. The Kier molecular flexibility index (Phi) is 8.31. The fraction of sp³-hybridized carbons (Fsp3) is 0.0769. The maximum Gasteiger partial charge on any atom is 0.0742 e.